The smallest absolute Gasteiger partial charge is 0.414 e. The molecule has 5 aliphatic heterocycles. The Bertz CT molecular complexity index is 1220. The van der Waals surface area contributed by atoms with Gasteiger partial charge in [0.2, 0.25) is 6.79 Å². The quantitative estimate of drug-likeness (QED) is 0.573. The van der Waals surface area contributed by atoms with Gasteiger partial charge in [0.05, 0.1) is 24.3 Å². The minimum absolute atomic E-state index is 0.0116. The van der Waals surface area contributed by atoms with Gasteiger partial charge in [0.1, 0.15) is 5.54 Å². The first-order chi connectivity index (χ1) is 15.9. The highest BCUT2D eigenvalue weighted by Gasteiger charge is 2.93. The number of esters is 1. The second-order valence-electron chi connectivity index (χ2n) is 10.5. The Hall–Kier alpha value is -3.01. The van der Waals surface area contributed by atoms with Crippen molar-refractivity contribution in [2.45, 2.75) is 60.8 Å². The monoisotopic (exact) mass is 454 g/mol. The van der Waals surface area contributed by atoms with Crippen molar-refractivity contribution in [1.29, 1.82) is 0 Å². The van der Waals surface area contributed by atoms with Gasteiger partial charge in [-0.3, -0.25) is 9.69 Å². The Balaban J connectivity index is 1.57. The average Bonchev–Trinajstić information content (AvgIpc) is 3.46. The topological polar surface area (TPSA) is 115 Å². The number of carbonyl (C=O) groups is 3. The number of hydrogen-bond donors (Lipinski definition) is 1. The van der Waals surface area contributed by atoms with Crippen LogP contribution in [0.4, 0.5) is 10.5 Å². The van der Waals surface area contributed by atoms with Crippen molar-refractivity contribution in [1.82, 2.24) is 4.90 Å². The van der Waals surface area contributed by atoms with E-state index >= 15 is 0 Å². The number of nitrogens with zero attached hydrogens (tertiary/aromatic N) is 2. The maximum absolute atomic E-state index is 13.8. The molecule has 4 bridgehead atoms. The fourth-order valence-electron chi connectivity index (χ4n) is 9.10. The van der Waals surface area contributed by atoms with Crippen molar-refractivity contribution in [3.8, 4) is 11.5 Å². The molecule has 3 spiro atoms. The van der Waals surface area contributed by atoms with E-state index in [0.29, 0.717) is 42.1 Å². The van der Waals surface area contributed by atoms with Crippen LogP contribution in [-0.2, 0) is 24.5 Å². The molecule has 3 aliphatic carbocycles. The molecule has 1 N–H and O–H groups in total. The van der Waals surface area contributed by atoms with Gasteiger partial charge in [-0.25, -0.2) is 9.59 Å². The fourth-order valence-corrected chi connectivity index (χ4v) is 9.10. The molecular weight excluding hydrogens is 432 g/mol. The van der Waals surface area contributed by atoms with Gasteiger partial charge in [0.25, 0.3) is 5.91 Å². The number of anilines is 1. The molecule has 172 valence electrons. The molecule has 6 fully saturated rings. The zero-order valence-electron chi connectivity index (χ0n) is 18.0. The van der Waals surface area contributed by atoms with E-state index in [-0.39, 0.29) is 25.2 Å². The van der Waals surface area contributed by atoms with E-state index in [9.17, 15) is 19.5 Å². The summed E-state index contributed by atoms with van der Waals surface area (Å²) in [6.07, 6.45) is 0.958. The van der Waals surface area contributed by atoms with Crippen LogP contribution in [0.5, 0.6) is 11.5 Å². The van der Waals surface area contributed by atoms with Crippen LogP contribution in [0.2, 0.25) is 0 Å². The van der Waals surface area contributed by atoms with Crippen LogP contribution in [0.1, 0.15) is 37.7 Å². The number of hydrogen-bond acceptors (Lipinski definition) is 8. The summed E-state index contributed by atoms with van der Waals surface area (Å²) in [4.78, 5) is 44.1. The number of carbonyl (C=O) groups excluding carboxylic acids is 3. The lowest BCUT2D eigenvalue weighted by atomic mass is 9.36. The molecule has 2 amide bonds. The first-order valence-electron chi connectivity index (χ1n) is 11.4. The summed E-state index contributed by atoms with van der Waals surface area (Å²) >= 11 is 0. The summed E-state index contributed by atoms with van der Waals surface area (Å²) in [5.74, 6) is -0.248. The molecule has 10 nitrogen and oxygen atoms in total. The van der Waals surface area contributed by atoms with Crippen LogP contribution < -0.4 is 14.4 Å². The number of methoxy groups -OCH3 is 1. The maximum atomic E-state index is 13.8. The SMILES string of the molecule is COC(=O)N1c2c(ccc3c2OCO3)C23C4OC(=O)C5(O)CC6(CCCN(C4=O)C62)CCC153. The third-order valence-corrected chi connectivity index (χ3v) is 9.76. The third-order valence-electron chi connectivity index (χ3n) is 9.76. The molecule has 6 unspecified atom stereocenters. The molecule has 0 aromatic heterocycles. The predicted octanol–water partition coefficient (Wildman–Crippen LogP) is 0.823. The zero-order valence-corrected chi connectivity index (χ0v) is 18.0. The summed E-state index contributed by atoms with van der Waals surface area (Å²) in [6, 6.07) is 3.32. The van der Waals surface area contributed by atoms with Crippen molar-refractivity contribution in [3.63, 3.8) is 0 Å². The number of amides is 2. The summed E-state index contributed by atoms with van der Waals surface area (Å²) in [6.45, 7) is 0.552. The van der Waals surface area contributed by atoms with Crippen LogP contribution in [0, 0.1) is 5.41 Å². The number of benzene rings is 1. The lowest BCUT2D eigenvalue weighted by molar-refractivity contribution is -0.261. The molecule has 0 radical (unpaired) electrons. The highest BCUT2D eigenvalue weighted by molar-refractivity contribution is 6.06. The lowest BCUT2D eigenvalue weighted by Crippen LogP contribution is -2.89. The van der Waals surface area contributed by atoms with E-state index < -0.39 is 40.1 Å². The predicted molar refractivity (Wildman–Crippen MR) is 108 cm³/mol. The summed E-state index contributed by atoms with van der Waals surface area (Å²) in [7, 11) is 1.27. The number of ether oxygens (including phenoxy) is 4. The second kappa shape index (κ2) is 5.06. The molecule has 33 heavy (non-hydrogen) atoms. The van der Waals surface area contributed by atoms with Crippen molar-refractivity contribution < 1.29 is 38.4 Å². The van der Waals surface area contributed by atoms with E-state index in [2.05, 4.69) is 0 Å². The summed E-state index contributed by atoms with van der Waals surface area (Å²) in [5.41, 5.74) is -3.86. The molecule has 6 atom stereocenters. The Morgan fingerprint density at radius 3 is 2.88 bits per heavy atom. The standard InChI is InChI=1S/C23H22N2O8/c1-30-19(28)25-13-11(3-4-12-14(13)32-10-31-12)23-15-16(26)24-8-2-5-20(17(23)24)6-7-22(23,25)21(29,9-20)18(27)33-15/h3-4,15,17,29H,2,5-10H2,1H3. The van der Waals surface area contributed by atoms with Crippen LogP contribution >= 0.6 is 0 Å². The van der Waals surface area contributed by atoms with Gasteiger partial charge in [-0.15, -0.1) is 0 Å². The van der Waals surface area contributed by atoms with Gasteiger partial charge >= 0.3 is 12.1 Å². The minimum Gasteiger partial charge on any atom is -0.454 e. The highest BCUT2D eigenvalue weighted by Crippen LogP contribution is 2.79. The van der Waals surface area contributed by atoms with Crippen LogP contribution in [0.15, 0.2) is 12.1 Å². The van der Waals surface area contributed by atoms with Crippen molar-refractivity contribution >= 4 is 23.7 Å². The molecule has 1 aromatic carbocycles. The molecule has 3 saturated heterocycles. The molecule has 8 aliphatic rings. The number of fused-ring (bicyclic) bond motifs is 4. The number of piperidine rings is 1. The second-order valence-corrected chi connectivity index (χ2v) is 10.5. The van der Waals surface area contributed by atoms with E-state index in [0.717, 1.165) is 12.8 Å². The summed E-state index contributed by atoms with van der Waals surface area (Å²) in [5, 5.41) is 12.3. The summed E-state index contributed by atoms with van der Waals surface area (Å²) < 4.78 is 22.5. The van der Waals surface area contributed by atoms with Gasteiger partial charge in [-0.2, -0.15) is 0 Å². The van der Waals surface area contributed by atoms with E-state index in [1.54, 1.807) is 6.07 Å². The van der Waals surface area contributed by atoms with E-state index in [1.807, 2.05) is 11.0 Å². The molecule has 1 aromatic rings. The first kappa shape index (κ1) is 18.4. The minimum atomic E-state index is -1.98. The van der Waals surface area contributed by atoms with E-state index in [1.165, 1.54) is 12.0 Å². The lowest BCUT2D eigenvalue weighted by Gasteiger charge is -2.73. The van der Waals surface area contributed by atoms with Gasteiger partial charge in [-0.05, 0) is 49.1 Å². The number of rotatable bonds is 0. The first-order valence-corrected chi connectivity index (χ1v) is 11.4. The fraction of sp³-hybridized carbons (Fsp3) is 0.609. The average molecular weight is 454 g/mol. The molecule has 10 heteroatoms. The van der Waals surface area contributed by atoms with Crippen molar-refractivity contribution in [3.05, 3.63) is 17.7 Å². The highest BCUT2D eigenvalue weighted by atomic mass is 16.7. The van der Waals surface area contributed by atoms with E-state index in [4.69, 9.17) is 18.9 Å². The Kier molecular flexibility index (Phi) is 2.83. The zero-order chi connectivity index (χ0) is 22.5. The molecular formula is C23H22N2O8. The third kappa shape index (κ3) is 1.47. The van der Waals surface area contributed by atoms with Crippen LogP contribution in [0.3, 0.4) is 0 Å². The molecule has 9 rings (SSSR count). The van der Waals surface area contributed by atoms with Crippen molar-refractivity contribution in [2.75, 3.05) is 25.3 Å². The normalized spacial score (nSPS) is 44.5. The van der Waals surface area contributed by atoms with Gasteiger partial charge in [0.15, 0.2) is 23.2 Å². The maximum Gasteiger partial charge on any atom is 0.414 e. The van der Waals surface area contributed by atoms with Gasteiger partial charge in [-0.1, -0.05) is 6.07 Å². The van der Waals surface area contributed by atoms with Gasteiger partial charge < -0.3 is 29.0 Å². The molecule has 5 heterocycles. The Morgan fingerprint density at radius 2 is 2.06 bits per heavy atom. The Labute approximate surface area is 188 Å². The van der Waals surface area contributed by atoms with Crippen LogP contribution in [0.25, 0.3) is 0 Å². The largest absolute Gasteiger partial charge is 0.454 e. The molecule has 3 saturated carbocycles. The van der Waals surface area contributed by atoms with Crippen molar-refractivity contribution in [2.24, 2.45) is 5.41 Å². The number of aliphatic hydroxyl groups is 1. The Morgan fingerprint density at radius 1 is 1.21 bits per heavy atom. The van der Waals surface area contributed by atoms with Gasteiger partial charge in [0, 0.05) is 6.54 Å². The van der Waals surface area contributed by atoms with Crippen LogP contribution in [-0.4, -0.2) is 71.7 Å².